The van der Waals surface area contributed by atoms with Crippen molar-refractivity contribution in [3.63, 3.8) is 0 Å². The molecule has 0 aromatic heterocycles. The predicted octanol–water partition coefficient (Wildman–Crippen LogP) is 0.825. The van der Waals surface area contributed by atoms with Crippen LogP contribution in [0.2, 0.25) is 0 Å². The quantitative estimate of drug-likeness (QED) is 0.488. The zero-order valence-electron chi connectivity index (χ0n) is 18.8. The highest BCUT2D eigenvalue weighted by atomic mass is 16.5. The minimum Gasteiger partial charge on any atom is -0.554 e. The summed E-state index contributed by atoms with van der Waals surface area (Å²) in [4.78, 5) is 36.8. The predicted molar refractivity (Wildman–Crippen MR) is 120 cm³/mol. The van der Waals surface area contributed by atoms with Crippen molar-refractivity contribution >= 4 is 24.2 Å². The first kappa shape index (κ1) is 25.5. The molecule has 0 spiro atoms. The Morgan fingerprint density at radius 2 is 1.62 bits per heavy atom. The number of piperidine rings is 2. The van der Waals surface area contributed by atoms with E-state index in [2.05, 4.69) is 29.6 Å². The van der Waals surface area contributed by atoms with E-state index in [4.69, 9.17) is 20.4 Å². The van der Waals surface area contributed by atoms with Gasteiger partial charge in [0.15, 0.2) is 0 Å². The number of nitrogens with zero attached hydrogens (tertiary/aromatic N) is 2. The van der Waals surface area contributed by atoms with E-state index in [1.54, 1.807) is 0 Å². The van der Waals surface area contributed by atoms with Crippen molar-refractivity contribution in [2.24, 2.45) is 11.7 Å². The van der Waals surface area contributed by atoms with Gasteiger partial charge in [0, 0.05) is 44.4 Å². The molecule has 2 heterocycles. The van der Waals surface area contributed by atoms with Gasteiger partial charge in [-0.25, -0.2) is 4.79 Å². The lowest BCUT2D eigenvalue weighted by Gasteiger charge is -2.38. The Morgan fingerprint density at radius 3 is 2.12 bits per heavy atom. The van der Waals surface area contributed by atoms with Crippen LogP contribution in [0.25, 0.3) is 0 Å². The lowest BCUT2D eigenvalue weighted by molar-refractivity contribution is -0.283. The lowest BCUT2D eigenvalue weighted by atomic mass is 9.97. The summed E-state index contributed by atoms with van der Waals surface area (Å²) in [7, 11) is 0. The van der Waals surface area contributed by atoms with E-state index in [1.165, 1.54) is 5.56 Å². The van der Waals surface area contributed by atoms with Crippen molar-refractivity contribution in [2.45, 2.75) is 45.1 Å². The number of hydrogen-bond acceptors (Lipinski definition) is 7. The van der Waals surface area contributed by atoms with E-state index < -0.39 is 6.47 Å². The topological polar surface area (TPSA) is 128 Å². The van der Waals surface area contributed by atoms with Gasteiger partial charge in [0.25, 0.3) is 0 Å². The molecule has 0 radical (unpaired) electrons. The van der Waals surface area contributed by atoms with Crippen LogP contribution >= 0.6 is 0 Å². The normalized spacial score (nSPS) is 17.2. The fourth-order valence-electron chi connectivity index (χ4n) is 4.15. The molecule has 178 valence electrons. The minimum absolute atomic E-state index is 0.0647. The summed E-state index contributed by atoms with van der Waals surface area (Å²) in [6, 6.07) is 8.94. The Labute approximate surface area is 189 Å². The summed E-state index contributed by atoms with van der Waals surface area (Å²) in [5.74, 6) is -0.187. The number of hydrogen-bond donors (Lipinski definition) is 2. The summed E-state index contributed by atoms with van der Waals surface area (Å²) in [6.45, 7) is 5.20. The summed E-state index contributed by atoms with van der Waals surface area (Å²) in [5.41, 5.74) is 7.98. The molecule has 9 nitrogen and oxygen atoms in total. The second kappa shape index (κ2) is 13.6. The van der Waals surface area contributed by atoms with Gasteiger partial charge in [-0.15, -0.1) is 0 Å². The van der Waals surface area contributed by atoms with Gasteiger partial charge in [0.2, 0.25) is 0 Å². The van der Waals surface area contributed by atoms with Gasteiger partial charge in [0.05, 0.1) is 12.5 Å². The zero-order valence-corrected chi connectivity index (χ0v) is 18.8. The maximum Gasteiger partial charge on any atom is 0.320 e. The number of urea groups is 1. The molecule has 9 heteroatoms. The number of likely N-dealkylation sites (tertiary alicyclic amines) is 2. The van der Waals surface area contributed by atoms with Gasteiger partial charge in [-0.2, -0.15) is 0 Å². The molecule has 2 saturated heterocycles. The number of amides is 2. The number of nitrogens with one attached hydrogen (secondary N) is 1. The van der Waals surface area contributed by atoms with E-state index in [0.717, 1.165) is 38.0 Å². The van der Waals surface area contributed by atoms with Crippen molar-refractivity contribution in [3.05, 3.63) is 29.8 Å². The number of rotatable bonds is 6. The van der Waals surface area contributed by atoms with Crippen molar-refractivity contribution in [1.82, 2.24) is 9.80 Å². The van der Waals surface area contributed by atoms with E-state index in [1.807, 2.05) is 16.7 Å². The maximum atomic E-state index is 12.8. The van der Waals surface area contributed by atoms with Gasteiger partial charge in [0.1, 0.15) is 0 Å². The summed E-state index contributed by atoms with van der Waals surface area (Å²) in [6.07, 6.45) is 4.18. The third-order valence-corrected chi connectivity index (χ3v) is 5.91. The highest BCUT2D eigenvalue weighted by Gasteiger charge is 2.31. The molecular weight excluding hydrogens is 412 g/mol. The van der Waals surface area contributed by atoms with Crippen molar-refractivity contribution in [1.29, 1.82) is 0 Å². The highest BCUT2D eigenvalue weighted by Crippen LogP contribution is 2.22. The number of anilines is 1. The van der Waals surface area contributed by atoms with Crippen LogP contribution in [0, 0.1) is 5.92 Å². The number of benzene rings is 1. The fourth-order valence-corrected chi connectivity index (χ4v) is 4.15. The molecule has 0 aliphatic carbocycles. The van der Waals surface area contributed by atoms with E-state index in [9.17, 15) is 9.59 Å². The number of esters is 1. The first-order valence-corrected chi connectivity index (χ1v) is 11.3. The number of carboxylic acid groups (broad SMARTS) is 1. The van der Waals surface area contributed by atoms with Crippen LogP contribution in [0.5, 0.6) is 0 Å². The smallest absolute Gasteiger partial charge is 0.320 e. The van der Waals surface area contributed by atoms with Gasteiger partial charge in [-0.3, -0.25) is 4.79 Å². The van der Waals surface area contributed by atoms with Crippen LogP contribution in [0.15, 0.2) is 24.3 Å². The van der Waals surface area contributed by atoms with E-state index >= 15 is 0 Å². The van der Waals surface area contributed by atoms with Crippen molar-refractivity contribution in [2.75, 3.05) is 44.6 Å². The number of carbonyl (C=O) groups excluding carboxylic acids is 3. The van der Waals surface area contributed by atoms with Gasteiger partial charge < -0.3 is 35.5 Å². The molecule has 1 aromatic carbocycles. The van der Waals surface area contributed by atoms with Crippen molar-refractivity contribution < 1.29 is 24.2 Å². The molecule has 0 saturated carbocycles. The monoisotopic (exact) mass is 447 g/mol. The van der Waals surface area contributed by atoms with Gasteiger partial charge in [-0.1, -0.05) is 12.1 Å². The third-order valence-electron chi connectivity index (χ3n) is 5.91. The number of nitrogens with two attached hydrogens (primary N) is 1. The maximum absolute atomic E-state index is 12.8. The number of ether oxygens (including phenoxy) is 1. The zero-order chi connectivity index (χ0) is 23.3. The highest BCUT2D eigenvalue weighted by molar-refractivity contribution is 5.76. The van der Waals surface area contributed by atoms with E-state index in [0.29, 0.717) is 45.1 Å². The van der Waals surface area contributed by atoms with Gasteiger partial charge in [-0.05, 0) is 63.3 Å². The molecule has 0 atom stereocenters. The molecule has 2 aliphatic heterocycles. The van der Waals surface area contributed by atoms with Crippen LogP contribution in [0.1, 0.15) is 38.2 Å². The standard InChI is InChI=1S/C22H34N4O3.CH2O2/c1-2-29-21(27)18-8-13-25(14-9-18)22(28)26-15-10-20(11-16-26)24-19-5-3-17(4-6-19)7-12-23;2-1-3/h3-6,18,20,24H,2,7-16,23H2,1H3;1H,(H,2,3)/p-1. The Hall–Kier alpha value is -2.81. The molecule has 2 aliphatic rings. The van der Waals surface area contributed by atoms with Crippen LogP contribution in [0.4, 0.5) is 10.5 Å². The molecule has 0 bridgehead atoms. The van der Waals surface area contributed by atoms with Crippen LogP contribution in [0.3, 0.4) is 0 Å². The first-order chi connectivity index (χ1) is 15.5. The molecular formula is C23H35N4O5-. The van der Waals surface area contributed by atoms with Crippen LogP contribution < -0.4 is 16.2 Å². The van der Waals surface area contributed by atoms with Crippen molar-refractivity contribution in [3.8, 4) is 0 Å². The molecule has 3 N–H and O–H groups in total. The molecule has 2 amide bonds. The average Bonchev–Trinajstić information content (AvgIpc) is 2.81. The largest absolute Gasteiger partial charge is 0.554 e. The Balaban J connectivity index is 0.00000114. The summed E-state index contributed by atoms with van der Waals surface area (Å²) in [5, 5.41) is 11.8. The average molecular weight is 448 g/mol. The van der Waals surface area contributed by atoms with Crippen LogP contribution in [-0.2, 0) is 20.7 Å². The molecule has 32 heavy (non-hydrogen) atoms. The lowest BCUT2D eigenvalue weighted by Crippen LogP contribution is -2.51. The summed E-state index contributed by atoms with van der Waals surface area (Å²) >= 11 is 0. The molecule has 3 rings (SSSR count). The Bertz CT molecular complexity index is 712. The first-order valence-electron chi connectivity index (χ1n) is 11.3. The fraction of sp³-hybridized carbons (Fsp3) is 0.609. The molecule has 1 aromatic rings. The Kier molecular flexibility index (Phi) is 10.8. The molecule has 0 unspecified atom stereocenters. The summed E-state index contributed by atoms with van der Waals surface area (Å²) < 4.78 is 5.11. The second-order valence-corrected chi connectivity index (χ2v) is 8.03. The molecule has 2 fully saturated rings. The second-order valence-electron chi connectivity index (χ2n) is 8.03. The Morgan fingerprint density at radius 1 is 1.09 bits per heavy atom. The van der Waals surface area contributed by atoms with Crippen LogP contribution in [-0.4, -0.2) is 73.6 Å². The number of carbonyl (C=O) groups is 3. The third kappa shape index (κ3) is 7.71. The van der Waals surface area contributed by atoms with Gasteiger partial charge >= 0.3 is 12.0 Å². The SMILES string of the molecule is CCOC(=O)C1CCN(C(=O)N2CCC(Nc3ccc(CCN)cc3)CC2)CC1.O=C[O-]. The minimum atomic E-state index is -0.500. The van der Waals surface area contributed by atoms with E-state index in [-0.39, 0.29) is 17.9 Å².